The van der Waals surface area contributed by atoms with Gasteiger partial charge in [-0.25, -0.2) is 14.2 Å². The van der Waals surface area contributed by atoms with Gasteiger partial charge in [-0.15, -0.1) is 11.3 Å². The Balaban J connectivity index is 2.27. The van der Waals surface area contributed by atoms with Crippen molar-refractivity contribution in [3.8, 4) is 0 Å². The van der Waals surface area contributed by atoms with Gasteiger partial charge in [0.15, 0.2) is 11.0 Å². The van der Waals surface area contributed by atoms with Crippen LogP contribution in [0, 0.1) is 5.82 Å². The van der Waals surface area contributed by atoms with Gasteiger partial charge in [-0.1, -0.05) is 17.7 Å². The smallest absolute Gasteiger partial charge is 0.343 e. The summed E-state index contributed by atoms with van der Waals surface area (Å²) in [5.74, 6) is -1.57. The van der Waals surface area contributed by atoms with E-state index in [0.29, 0.717) is 6.54 Å². The van der Waals surface area contributed by atoms with E-state index in [4.69, 9.17) is 16.3 Å². The van der Waals surface area contributed by atoms with Gasteiger partial charge < -0.3 is 9.30 Å². The maximum atomic E-state index is 13.8. The number of nitrogens with zero attached hydrogens (tertiary/aromatic N) is 2. The number of carbonyl (C=O) groups excluding carboxylic acids is 1. The summed E-state index contributed by atoms with van der Waals surface area (Å²) in [6, 6.07) is 4.79. The summed E-state index contributed by atoms with van der Waals surface area (Å²) in [4.78, 5) is 29.5. The van der Waals surface area contributed by atoms with Crippen LogP contribution in [0.4, 0.5) is 4.39 Å². The molecule has 0 spiro atoms. The first-order valence-electron chi connectivity index (χ1n) is 7.10. The third-order valence-corrected chi connectivity index (χ3v) is 4.49. The van der Waals surface area contributed by atoms with Crippen LogP contribution in [-0.4, -0.2) is 22.1 Å². The summed E-state index contributed by atoms with van der Waals surface area (Å²) < 4.78 is 20.3. The number of thiophene rings is 1. The van der Waals surface area contributed by atoms with Crippen LogP contribution < -0.4 is 5.43 Å². The number of carbonyl (C=O) groups is 1. The molecule has 0 saturated carbocycles. The van der Waals surface area contributed by atoms with Crippen LogP contribution in [-0.2, 0) is 11.3 Å². The summed E-state index contributed by atoms with van der Waals surface area (Å²) >= 11 is 7.27. The standard InChI is InChI=1S/C16H12ClFN2O3S/c1-2-23-16(22)11-8-20(7-9-4-3-5-24-9)15-10(13(11)21)6-12(18)14(17)19-15/h3-6,8H,2,7H2,1H3. The highest BCUT2D eigenvalue weighted by molar-refractivity contribution is 7.09. The lowest BCUT2D eigenvalue weighted by Crippen LogP contribution is -2.22. The number of hydrogen-bond acceptors (Lipinski definition) is 5. The van der Waals surface area contributed by atoms with Gasteiger partial charge in [0.05, 0.1) is 18.5 Å². The average Bonchev–Trinajstić information content (AvgIpc) is 3.05. The van der Waals surface area contributed by atoms with Crippen molar-refractivity contribution >= 4 is 39.9 Å². The highest BCUT2D eigenvalue weighted by Gasteiger charge is 2.19. The summed E-state index contributed by atoms with van der Waals surface area (Å²) in [5.41, 5.74) is -0.578. The minimum absolute atomic E-state index is 0.0148. The Morgan fingerprint density at radius 2 is 2.29 bits per heavy atom. The third-order valence-electron chi connectivity index (χ3n) is 3.36. The monoisotopic (exact) mass is 366 g/mol. The molecule has 124 valence electrons. The zero-order valence-corrected chi connectivity index (χ0v) is 14.2. The minimum Gasteiger partial charge on any atom is -0.462 e. The zero-order chi connectivity index (χ0) is 17.3. The number of pyridine rings is 2. The average molecular weight is 367 g/mol. The fourth-order valence-corrected chi connectivity index (χ4v) is 3.15. The molecule has 0 radical (unpaired) electrons. The topological polar surface area (TPSA) is 61.2 Å². The van der Waals surface area contributed by atoms with Crippen LogP contribution >= 0.6 is 22.9 Å². The highest BCUT2D eigenvalue weighted by atomic mass is 35.5. The van der Waals surface area contributed by atoms with Gasteiger partial charge in [-0.3, -0.25) is 4.79 Å². The van der Waals surface area contributed by atoms with Crippen molar-refractivity contribution in [3.05, 3.63) is 61.4 Å². The fraction of sp³-hybridized carbons (Fsp3) is 0.188. The molecular formula is C16H12ClFN2O3S. The highest BCUT2D eigenvalue weighted by Crippen LogP contribution is 2.20. The number of aromatic nitrogens is 2. The number of hydrogen-bond donors (Lipinski definition) is 0. The molecule has 5 nitrogen and oxygen atoms in total. The van der Waals surface area contributed by atoms with E-state index in [2.05, 4.69) is 4.98 Å². The lowest BCUT2D eigenvalue weighted by Gasteiger charge is -2.12. The van der Waals surface area contributed by atoms with Crippen LogP contribution in [0.25, 0.3) is 11.0 Å². The summed E-state index contributed by atoms with van der Waals surface area (Å²) in [7, 11) is 0. The van der Waals surface area contributed by atoms with E-state index in [0.717, 1.165) is 10.9 Å². The molecule has 0 fully saturated rings. The lowest BCUT2D eigenvalue weighted by atomic mass is 10.2. The molecule has 0 aliphatic heterocycles. The normalized spacial score (nSPS) is 11.0. The Hall–Kier alpha value is -2.25. The molecule has 3 aromatic rings. The number of halogens is 2. The Morgan fingerprint density at radius 3 is 2.96 bits per heavy atom. The van der Waals surface area contributed by atoms with E-state index >= 15 is 0 Å². The van der Waals surface area contributed by atoms with Crippen molar-refractivity contribution in [2.45, 2.75) is 13.5 Å². The number of fused-ring (bicyclic) bond motifs is 1. The Bertz CT molecular complexity index is 970. The summed E-state index contributed by atoms with van der Waals surface area (Å²) in [6.45, 7) is 2.15. The second kappa shape index (κ2) is 6.70. The van der Waals surface area contributed by atoms with Crippen LogP contribution in [0.2, 0.25) is 5.15 Å². The van der Waals surface area contributed by atoms with Crippen molar-refractivity contribution in [1.82, 2.24) is 9.55 Å². The maximum Gasteiger partial charge on any atom is 0.343 e. The van der Waals surface area contributed by atoms with Crippen molar-refractivity contribution in [2.75, 3.05) is 6.61 Å². The maximum absolute atomic E-state index is 13.8. The molecule has 0 amide bonds. The first kappa shape index (κ1) is 16.6. The largest absolute Gasteiger partial charge is 0.462 e. The SMILES string of the molecule is CCOC(=O)c1cn(Cc2cccs2)c2nc(Cl)c(F)cc2c1=O. The quantitative estimate of drug-likeness (QED) is 0.524. The van der Waals surface area contributed by atoms with Gasteiger partial charge in [0.2, 0.25) is 5.43 Å². The number of esters is 1. The van der Waals surface area contributed by atoms with E-state index in [1.165, 1.54) is 17.5 Å². The molecule has 24 heavy (non-hydrogen) atoms. The van der Waals surface area contributed by atoms with Gasteiger partial charge in [-0.05, 0) is 24.4 Å². The van der Waals surface area contributed by atoms with E-state index in [1.807, 2.05) is 17.5 Å². The van der Waals surface area contributed by atoms with Gasteiger partial charge in [0.1, 0.15) is 11.2 Å². The third kappa shape index (κ3) is 3.05. The molecule has 0 aliphatic rings. The fourth-order valence-electron chi connectivity index (χ4n) is 2.31. The first-order valence-corrected chi connectivity index (χ1v) is 8.35. The second-order valence-corrected chi connectivity index (χ2v) is 6.32. The Labute approximate surface area is 145 Å². The first-order chi connectivity index (χ1) is 11.5. The van der Waals surface area contributed by atoms with E-state index in [-0.39, 0.29) is 28.4 Å². The van der Waals surface area contributed by atoms with Crippen LogP contribution in [0.3, 0.4) is 0 Å². The molecule has 0 atom stereocenters. The Morgan fingerprint density at radius 1 is 1.50 bits per heavy atom. The van der Waals surface area contributed by atoms with Crippen molar-refractivity contribution in [2.24, 2.45) is 0 Å². The molecule has 0 bridgehead atoms. The molecule has 0 aliphatic carbocycles. The lowest BCUT2D eigenvalue weighted by molar-refractivity contribution is 0.0524. The minimum atomic E-state index is -0.815. The molecule has 3 heterocycles. The van der Waals surface area contributed by atoms with Crippen molar-refractivity contribution in [1.29, 1.82) is 0 Å². The summed E-state index contributed by atoms with van der Waals surface area (Å²) in [6.07, 6.45) is 1.38. The van der Waals surface area contributed by atoms with E-state index in [9.17, 15) is 14.0 Å². The number of rotatable bonds is 4. The predicted octanol–water partition coefficient (Wildman–Crippen LogP) is 3.48. The second-order valence-electron chi connectivity index (χ2n) is 4.93. The van der Waals surface area contributed by atoms with Gasteiger partial charge >= 0.3 is 5.97 Å². The van der Waals surface area contributed by atoms with Gasteiger partial charge in [-0.2, -0.15) is 0 Å². The zero-order valence-electron chi connectivity index (χ0n) is 12.6. The van der Waals surface area contributed by atoms with Crippen molar-refractivity contribution < 1.29 is 13.9 Å². The molecular weight excluding hydrogens is 355 g/mol. The van der Waals surface area contributed by atoms with Crippen LogP contribution in [0.15, 0.2) is 34.6 Å². The predicted molar refractivity (Wildman–Crippen MR) is 90.3 cm³/mol. The molecule has 8 heteroatoms. The molecule has 0 saturated heterocycles. The van der Waals surface area contributed by atoms with Gasteiger partial charge in [0, 0.05) is 11.1 Å². The molecule has 0 unspecified atom stereocenters. The van der Waals surface area contributed by atoms with Crippen LogP contribution in [0.5, 0.6) is 0 Å². The van der Waals surface area contributed by atoms with Gasteiger partial charge in [0.25, 0.3) is 0 Å². The number of ether oxygens (including phenoxy) is 1. The van der Waals surface area contributed by atoms with E-state index < -0.39 is 17.2 Å². The molecule has 0 N–H and O–H groups in total. The molecule has 3 rings (SSSR count). The van der Waals surface area contributed by atoms with Crippen LogP contribution in [0.1, 0.15) is 22.2 Å². The summed E-state index contributed by atoms with van der Waals surface area (Å²) in [5, 5.41) is 1.57. The molecule has 3 aromatic heterocycles. The van der Waals surface area contributed by atoms with E-state index in [1.54, 1.807) is 11.5 Å². The Kier molecular flexibility index (Phi) is 4.64. The van der Waals surface area contributed by atoms with Crippen molar-refractivity contribution in [3.63, 3.8) is 0 Å². The molecule has 0 aromatic carbocycles.